The highest BCUT2D eigenvalue weighted by molar-refractivity contribution is 6.05. The third-order valence-corrected chi connectivity index (χ3v) is 3.82. The number of ether oxygens (including phenoxy) is 1. The number of anilines is 2. The summed E-state index contributed by atoms with van der Waals surface area (Å²) in [4.78, 5) is 18.6. The summed E-state index contributed by atoms with van der Waals surface area (Å²) in [7, 11) is 0. The number of alkyl halides is 3. The van der Waals surface area contributed by atoms with Gasteiger partial charge < -0.3 is 15.0 Å². The average molecular weight is 351 g/mol. The van der Waals surface area contributed by atoms with Crippen molar-refractivity contribution in [1.82, 2.24) is 4.98 Å². The van der Waals surface area contributed by atoms with Gasteiger partial charge in [0, 0.05) is 24.8 Å². The van der Waals surface area contributed by atoms with Gasteiger partial charge in [0.25, 0.3) is 5.91 Å². The van der Waals surface area contributed by atoms with E-state index in [9.17, 15) is 18.0 Å². The second-order valence-corrected chi connectivity index (χ2v) is 5.50. The number of para-hydroxylation sites is 1. The molecule has 0 unspecified atom stereocenters. The third kappa shape index (κ3) is 4.08. The molecule has 8 heteroatoms. The number of nitrogens with zero attached hydrogens (tertiary/aromatic N) is 2. The van der Waals surface area contributed by atoms with Crippen molar-refractivity contribution in [2.75, 3.05) is 36.5 Å². The number of halogens is 3. The summed E-state index contributed by atoms with van der Waals surface area (Å²) in [5, 5.41) is 2.33. The van der Waals surface area contributed by atoms with Crippen molar-refractivity contribution in [2.45, 2.75) is 6.18 Å². The number of carbonyl (C=O) groups is 1. The zero-order chi connectivity index (χ0) is 17.9. The van der Waals surface area contributed by atoms with Crippen molar-refractivity contribution in [2.24, 2.45) is 0 Å². The first-order valence-electron chi connectivity index (χ1n) is 7.71. The number of rotatable bonds is 3. The summed E-state index contributed by atoms with van der Waals surface area (Å²) in [5.41, 5.74) is -0.913. The molecule has 0 bridgehead atoms. The summed E-state index contributed by atoms with van der Waals surface area (Å²) < 4.78 is 44.4. The fourth-order valence-electron chi connectivity index (χ4n) is 2.56. The third-order valence-electron chi connectivity index (χ3n) is 3.82. The lowest BCUT2D eigenvalue weighted by molar-refractivity contribution is -0.136. The highest BCUT2D eigenvalue weighted by atomic mass is 19.4. The first kappa shape index (κ1) is 17.2. The van der Waals surface area contributed by atoms with E-state index in [1.807, 2.05) is 4.90 Å². The molecule has 25 heavy (non-hydrogen) atoms. The van der Waals surface area contributed by atoms with Crippen molar-refractivity contribution in [3.63, 3.8) is 0 Å². The Balaban J connectivity index is 1.80. The Morgan fingerprint density at radius 2 is 1.88 bits per heavy atom. The molecule has 1 aliphatic rings. The smallest absolute Gasteiger partial charge is 0.378 e. The molecule has 3 rings (SSSR count). The van der Waals surface area contributed by atoms with E-state index in [0.29, 0.717) is 32.1 Å². The van der Waals surface area contributed by atoms with Gasteiger partial charge in [0.15, 0.2) is 0 Å². The largest absolute Gasteiger partial charge is 0.418 e. The Hall–Kier alpha value is -2.61. The minimum atomic E-state index is -4.54. The number of carbonyl (C=O) groups excluding carboxylic acids is 1. The molecule has 1 fully saturated rings. The van der Waals surface area contributed by atoms with E-state index < -0.39 is 17.6 Å². The quantitative estimate of drug-likeness (QED) is 0.923. The molecule has 1 saturated heterocycles. The van der Waals surface area contributed by atoms with Gasteiger partial charge in [-0.2, -0.15) is 13.2 Å². The van der Waals surface area contributed by atoms with E-state index >= 15 is 0 Å². The molecule has 2 aromatic rings. The number of amides is 1. The summed E-state index contributed by atoms with van der Waals surface area (Å²) in [5.74, 6) is -0.0198. The lowest BCUT2D eigenvalue weighted by Crippen LogP contribution is -2.36. The molecule has 1 aromatic heterocycles. The van der Waals surface area contributed by atoms with Crippen LogP contribution in [0.1, 0.15) is 15.9 Å². The second-order valence-electron chi connectivity index (χ2n) is 5.50. The molecule has 1 aliphatic heterocycles. The Labute approximate surface area is 142 Å². The Morgan fingerprint density at radius 1 is 1.16 bits per heavy atom. The van der Waals surface area contributed by atoms with Crippen molar-refractivity contribution in [3.05, 3.63) is 53.7 Å². The Morgan fingerprint density at radius 3 is 2.60 bits per heavy atom. The van der Waals surface area contributed by atoms with Gasteiger partial charge in [-0.1, -0.05) is 12.1 Å². The van der Waals surface area contributed by atoms with E-state index in [1.54, 1.807) is 6.07 Å². The molecule has 132 valence electrons. The van der Waals surface area contributed by atoms with Crippen molar-refractivity contribution in [1.29, 1.82) is 0 Å². The normalized spacial score (nSPS) is 15.1. The van der Waals surface area contributed by atoms with Gasteiger partial charge in [0.2, 0.25) is 0 Å². The number of hydrogen-bond acceptors (Lipinski definition) is 4. The zero-order valence-corrected chi connectivity index (χ0v) is 13.2. The van der Waals surface area contributed by atoms with Gasteiger partial charge in [-0.3, -0.25) is 4.79 Å². The van der Waals surface area contributed by atoms with E-state index in [2.05, 4.69) is 10.3 Å². The molecular formula is C17H16F3N3O2. The van der Waals surface area contributed by atoms with Crippen LogP contribution in [0.3, 0.4) is 0 Å². The van der Waals surface area contributed by atoms with Crippen LogP contribution in [0.25, 0.3) is 0 Å². The molecule has 1 aromatic carbocycles. The SMILES string of the molecule is O=C(Nc1ccccc1C(F)(F)F)c1ccnc(N2CCOCC2)c1. The van der Waals surface area contributed by atoms with Crippen LogP contribution >= 0.6 is 0 Å². The van der Waals surface area contributed by atoms with Gasteiger partial charge in [-0.15, -0.1) is 0 Å². The monoisotopic (exact) mass is 351 g/mol. The highest BCUT2D eigenvalue weighted by Gasteiger charge is 2.33. The van der Waals surface area contributed by atoms with Crippen LogP contribution in [0.15, 0.2) is 42.6 Å². The lowest BCUT2D eigenvalue weighted by atomic mass is 10.1. The van der Waals surface area contributed by atoms with E-state index in [1.165, 1.54) is 30.5 Å². The molecule has 0 aliphatic carbocycles. The zero-order valence-electron chi connectivity index (χ0n) is 13.2. The summed E-state index contributed by atoms with van der Waals surface area (Å²) >= 11 is 0. The number of benzene rings is 1. The maximum atomic E-state index is 13.0. The first-order valence-corrected chi connectivity index (χ1v) is 7.71. The fraction of sp³-hybridized carbons (Fsp3) is 0.294. The topological polar surface area (TPSA) is 54.5 Å². The molecule has 1 N–H and O–H groups in total. The number of hydrogen-bond donors (Lipinski definition) is 1. The molecule has 5 nitrogen and oxygen atoms in total. The van der Waals surface area contributed by atoms with Crippen LogP contribution in [-0.2, 0) is 10.9 Å². The predicted molar refractivity (Wildman–Crippen MR) is 86.7 cm³/mol. The van der Waals surface area contributed by atoms with Crippen LogP contribution in [0.5, 0.6) is 0 Å². The van der Waals surface area contributed by atoms with Gasteiger partial charge in [0.05, 0.1) is 24.5 Å². The first-order chi connectivity index (χ1) is 11.9. The highest BCUT2D eigenvalue weighted by Crippen LogP contribution is 2.34. The van der Waals surface area contributed by atoms with Gasteiger partial charge >= 0.3 is 6.18 Å². The molecule has 1 amide bonds. The minimum absolute atomic E-state index is 0.244. The Bertz CT molecular complexity index is 759. The summed E-state index contributed by atoms with van der Waals surface area (Å²) in [6.07, 6.45) is -3.07. The van der Waals surface area contributed by atoms with Crippen molar-refractivity contribution >= 4 is 17.4 Å². The number of morpholine rings is 1. The molecule has 0 spiro atoms. The van der Waals surface area contributed by atoms with Gasteiger partial charge in [-0.25, -0.2) is 4.98 Å². The predicted octanol–water partition coefficient (Wildman–Crippen LogP) is 3.19. The molecule has 0 radical (unpaired) electrons. The van der Waals surface area contributed by atoms with Crippen molar-refractivity contribution < 1.29 is 22.7 Å². The minimum Gasteiger partial charge on any atom is -0.378 e. The number of aromatic nitrogens is 1. The number of nitrogens with one attached hydrogen (secondary N) is 1. The van der Waals surface area contributed by atoms with Crippen LogP contribution < -0.4 is 10.2 Å². The van der Waals surface area contributed by atoms with Crippen LogP contribution in [0.4, 0.5) is 24.7 Å². The van der Waals surface area contributed by atoms with Gasteiger partial charge in [0.1, 0.15) is 5.82 Å². The maximum Gasteiger partial charge on any atom is 0.418 e. The summed E-state index contributed by atoms with van der Waals surface area (Å²) in [6.45, 7) is 2.43. The van der Waals surface area contributed by atoms with Gasteiger partial charge in [-0.05, 0) is 24.3 Å². The molecule has 0 atom stereocenters. The number of pyridine rings is 1. The van der Waals surface area contributed by atoms with Crippen LogP contribution in [0.2, 0.25) is 0 Å². The van der Waals surface area contributed by atoms with Crippen molar-refractivity contribution in [3.8, 4) is 0 Å². The second kappa shape index (κ2) is 7.10. The van der Waals surface area contributed by atoms with E-state index in [4.69, 9.17) is 4.74 Å². The van der Waals surface area contributed by atoms with Crippen LogP contribution in [-0.4, -0.2) is 37.2 Å². The average Bonchev–Trinajstić information content (AvgIpc) is 2.62. The molecule has 2 heterocycles. The van der Waals surface area contributed by atoms with E-state index in [-0.39, 0.29) is 11.3 Å². The van der Waals surface area contributed by atoms with E-state index in [0.717, 1.165) is 6.07 Å². The molecule has 0 saturated carbocycles. The fourth-order valence-corrected chi connectivity index (χ4v) is 2.56. The molecular weight excluding hydrogens is 335 g/mol. The van der Waals surface area contributed by atoms with Crippen LogP contribution in [0, 0.1) is 0 Å². The standard InChI is InChI=1S/C17H16F3N3O2/c18-17(19,20)13-3-1-2-4-14(13)22-16(24)12-5-6-21-15(11-12)23-7-9-25-10-8-23/h1-6,11H,7-10H2,(H,22,24). The maximum absolute atomic E-state index is 13.0. The Kier molecular flexibility index (Phi) is 4.89. The summed E-state index contributed by atoms with van der Waals surface area (Å²) in [6, 6.07) is 7.91. The lowest BCUT2D eigenvalue weighted by Gasteiger charge is -2.27.